The quantitative estimate of drug-likeness (QED) is 0.466. The second kappa shape index (κ2) is 10.2. The van der Waals surface area contributed by atoms with Gasteiger partial charge in [-0.1, -0.05) is 6.07 Å². The van der Waals surface area contributed by atoms with Gasteiger partial charge in [0.2, 0.25) is 0 Å². The number of carboxylic acid groups (broad SMARTS) is 1. The van der Waals surface area contributed by atoms with Crippen molar-refractivity contribution < 1.29 is 23.1 Å². The number of carbonyl (C=O) groups is 1. The number of hydrogen-bond donors (Lipinski definition) is 1. The second-order valence-corrected chi connectivity index (χ2v) is 8.13. The first-order valence-electron chi connectivity index (χ1n) is 10.8. The summed E-state index contributed by atoms with van der Waals surface area (Å²) < 4.78 is 35.7. The minimum atomic E-state index is -5.08. The number of halogens is 3. The van der Waals surface area contributed by atoms with E-state index in [1.54, 1.807) is 10.9 Å². The molecule has 1 fully saturated rings. The van der Waals surface area contributed by atoms with Crippen molar-refractivity contribution in [2.24, 2.45) is 7.05 Å². The van der Waals surface area contributed by atoms with Crippen molar-refractivity contribution >= 4 is 17.3 Å². The van der Waals surface area contributed by atoms with E-state index in [-0.39, 0.29) is 0 Å². The number of hydrogen-bond acceptors (Lipinski definition) is 7. The molecule has 1 aliphatic rings. The molecule has 0 atom stereocenters. The number of pyridine rings is 1. The number of piperidine rings is 1. The van der Waals surface area contributed by atoms with Crippen LogP contribution < -0.4 is 0 Å². The number of alkyl halides is 3. The molecule has 1 aliphatic heterocycles. The molecule has 0 saturated carbocycles. The molecule has 0 spiro atoms. The van der Waals surface area contributed by atoms with Crippen LogP contribution in [0.3, 0.4) is 0 Å². The highest BCUT2D eigenvalue weighted by Gasteiger charge is 2.38. The summed E-state index contributed by atoms with van der Waals surface area (Å²) in [5, 5.41) is 11.4. The molecular weight excluding hydrogens is 465 g/mol. The van der Waals surface area contributed by atoms with Crippen molar-refractivity contribution in [3.05, 3.63) is 55.0 Å². The van der Waals surface area contributed by atoms with Gasteiger partial charge in [-0.15, -0.1) is 0 Å². The Bertz CT molecular complexity index is 1280. The fraction of sp³-hybridized carbons (Fsp3) is 0.364. The highest BCUT2D eigenvalue weighted by atomic mass is 19.4. The van der Waals surface area contributed by atoms with E-state index < -0.39 is 12.1 Å². The zero-order valence-corrected chi connectivity index (χ0v) is 18.8. The lowest BCUT2D eigenvalue weighted by Gasteiger charge is -2.32. The summed E-state index contributed by atoms with van der Waals surface area (Å²) in [6, 6.07) is 4.53. The van der Waals surface area contributed by atoms with Crippen LogP contribution in [0.2, 0.25) is 0 Å². The smallest absolute Gasteiger partial charge is 0.475 e. The van der Waals surface area contributed by atoms with E-state index in [0.29, 0.717) is 11.7 Å². The fourth-order valence-electron chi connectivity index (χ4n) is 3.87. The molecular formula is C22H23F3N8O2. The Morgan fingerprint density at radius 2 is 1.91 bits per heavy atom. The van der Waals surface area contributed by atoms with E-state index in [1.165, 1.54) is 5.56 Å². The molecule has 0 unspecified atom stereocenters. The van der Waals surface area contributed by atoms with Crippen LogP contribution in [0.25, 0.3) is 22.6 Å². The highest BCUT2D eigenvalue weighted by Crippen LogP contribution is 2.27. The molecule has 0 amide bonds. The lowest BCUT2D eigenvalue weighted by Crippen LogP contribution is -2.34. The lowest BCUT2D eigenvalue weighted by molar-refractivity contribution is -0.192. The number of nitrogens with zero attached hydrogens (tertiary/aromatic N) is 8. The molecule has 10 nitrogen and oxygen atoms in total. The maximum atomic E-state index is 10.6. The van der Waals surface area contributed by atoms with Gasteiger partial charge in [0.25, 0.3) is 0 Å². The van der Waals surface area contributed by atoms with Gasteiger partial charge in [0, 0.05) is 56.9 Å². The third kappa shape index (κ3) is 5.98. The van der Waals surface area contributed by atoms with E-state index in [2.05, 4.69) is 35.6 Å². The number of aromatic nitrogens is 7. The molecule has 0 aromatic carbocycles. The molecule has 4 aromatic rings. The van der Waals surface area contributed by atoms with Crippen molar-refractivity contribution in [3.8, 4) is 11.3 Å². The van der Waals surface area contributed by atoms with E-state index in [1.807, 2.05) is 44.2 Å². The molecule has 5 rings (SSSR count). The molecule has 13 heteroatoms. The summed E-state index contributed by atoms with van der Waals surface area (Å²) in [7, 11) is 1.90. The van der Waals surface area contributed by atoms with E-state index >= 15 is 0 Å². The van der Waals surface area contributed by atoms with Gasteiger partial charge >= 0.3 is 12.1 Å². The SMILES string of the molecule is Cn1cc(-c2cnc3ncn(C4CCN(Cc5cccnc5)CC4)c3n2)cn1.O=C(O)C(F)(F)F. The first kappa shape index (κ1) is 24.3. The Morgan fingerprint density at radius 1 is 1.17 bits per heavy atom. The van der Waals surface area contributed by atoms with Gasteiger partial charge in [0.15, 0.2) is 11.3 Å². The standard InChI is InChI=1S/C20H22N8.C2HF3O2/c1-26-13-16(10-24-26)18-11-22-19-20(25-18)28(14-23-19)17-4-7-27(8-5-17)12-15-3-2-6-21-9-15;3-2(4,5)1(6)7/h2-3,6,9-11,13-14,17H,4-5,7-8,12H2,1H3;(H,6,7). The number of aliphatic carboxylic acids is 1. The number of rotatable bonds is 4. The maximum Gasteiger partial charge on any atom is 0.490 e. The van der Waals surface area contributed by atoms with Crippen LogP contribution in [0.1, 0.15) is 24.4 Å². The summed E-state index contributed by atoms with van der Waals surface area (Å²) >= 11 is 0. The van der Waals surface area contributed by atoms with Crippen LogP contribution >= 0.6 is 0 Å². The minimum Gasteiger partial charge on any atom is -0.475 e. The third-order valence-corrected chi connectivity index (χ3v) is 5.61. The second-order valence-electron chi connectivity index (χ2n) is 8.13. The molecule has 1 N–H and O–H groups in total. The first-order valence-corrected chi connectivity index (χ1v) is 10.8. The largest absolute Gasteiger partial charge is 0.490 e. The topological polar surface area (TPSA) is 115 Å². The summed E-state index contributed by atoms with van der Waals surface area (Å²) in [6.07, 6.45) is 8.26. The van der Waals surface area contributed by atoms with Crippen molar-refractivity contribution in [1.29, 1.82) is 0 Å². The zero-order chi connectivity index (χ0) is 25.0. The molecule has 0 radical (unpaired) electrons. The van der Waals surface area contributed by atoms with Crippen LogP contribution in [-0.4, -0.2) is 69.5 Å². The van der Waals surface area contributed by atoms with Gasteiger partial charge in [0.05, 0.1) is 24.4 Å². The molecule has 184 valence electrons. The zero-order valence-electron chi connectivity index (χ0n) is 18.8. The number of aryl methyl sites for hydroxylation is 1. The van der Waals surface area contributed by atoms with Crippen molar-refractivity contribution in [1.82, 2.24) is 39.2 Å². The molecule has 5 heterocycles. The van der Waals surface area contributed by atoms with Gasteiger partial charge in [-0.05, 0) is 24.5 Å². The van der Waals surface area contributed by atoms with Crippen molar-refractivity contribution in [2.45, 2.75) is 31.6 Å². The first-order chi connectivity index (χ1) is 16.7. The summed E-state index contributed by atoms with van der Waals surface area (Å²) in [5.74, 6) is -2.76. The normalized spacial score (nSPS) is 15.1. The van der Waals surface area contributed by atoms with E-state index in [4.69, 9.17) is 14.9 Å². The molecule has 4 aromatic heterocycles. The minimum absolute atomic E-state index is 0.397. The Hall–Kier alpha value is -3.87. The average molecular weight is 488 g/mol. The van der Waals surface area contributed by atoms with Crippen molar-refractivity contribution in [2.75, 3.05) is 13.1 Å². The lowest BCUT2D eigenvalue weighted by atomic mass is 10.0. The van der Waals surface area contributed by atoms with Crippen LogP contribution in [0.4, 0.5) is 13.2 Å². The van der Waals surface area contributed by atoms with Crippen molar-refractivity contribution in [3.63, 3.8) is 0 Å². The number of fused-ring (bicyclic) bond motifs is 1. The number of imidazole rings is 1. The summed E-state index contributed by atoms with van der Waals surface area (Å²) in [6.45, 7) is 3.06. The van der Waals surface area contributed by atoms with Crippen LogP contribution in [0.5, 0.6) is 0 Å². The van der Waals surface area contributed by atoms with Gasteiger partial charge in [-0.25, -0.2) is 19.7 Å². The fourth-order valence-corrected chi connectivity index (χ4v) is 3.87. The maximum absolute atomic E-state index is 10.6. The summed E-state index contributed by atoms with van der Waals surface area (Å²) in [5.41, 5.74) is 4.62. The monoisotopic (exact) mass is 488 g/mol. The van der Waals surface area contributed by atoms with Gasteiger partial charge < -0.3 is 9.67 Å². The Kier molecular flexibility index (Phi) is 7.05. The highest BCUT2D eigenvalue weighted by molar-refractivity contribution is 5.73. The Balaban J connectivity index is 0.000000364. The average Bonchev–Trinajstić information content (AvgIpc) is 3.46. The molecule has 35 heavy (non-hydrogen) atoms. The Morgan fingerprint density at radius 3 is 2.51 bits per heavy atom. The number of carboxylic acids is 1. The van der Waals surface area contributed by atoms with Gasteiger partial charge in [-0.3, -0.25) is 14.6 Å². The predicted octanol–water partition coefficient (Wildman–Crippen LogP) is 3.09. The predicted molar refractivity (Wildman–Crippen MR) is 119 cm³/mol. The molecule has 0 bridgehead atoms. The molecule has 0 aliphatic carbocycles. The van der Waals surface area contributed by atoms with Crippen LogP contribution in [-0.2, 0) is 18.4 Å². The van der Waals surface area contributed by atoms with Gasteiger partial charge in [0.1, 0.15) is 0 Å². The van der Waals surface area contributed by atoms with E-state index in [9.17, 15) is 13.2 Å². The van der Waals surface area contributed by atoms with E-state index in [0.717, 1.165) is 49.4 Å². The number of likely N-dealkylation sites (tertiary alicyclic amines) is 1. The van der Waals surface area contributed by atoms with Crippen LogP contribution in [0.15, 0.2) is 49.4 Å². The van der Waals surface area contributed by atoms with Gasteiger partial charge in [-0.2, -0.15) is 18.3 Å². The Labute approximate surface area is 198 Å². The summed E-state index contributed by atoms with van der Waals surface area (Å²) in [4.78, 5) is 29.4. The van der Waals surface area contributed by atoms with Crippen LogP contribution in [0, 0.1) is 0 Å². The third-order valence-electron chi connectivity index (χ3n) is 5.61. The molecule has 1 saturated heterocycles.